The first-order chi connectivity index (χ1) is 9.01. The fraction of sp³-hybridized carbons (Fsp3) is 0.429. The van der Waals surface area contributed by atoms with Crippen LogP contribution in [0.1, 0.15) is 25.8 Å². The summed E-state index contributed by atoms with van der Waals surface area (Å²) in [5, 5.41) is 14.0. The number of carbonyl (C=O) groups excluding carboxylic acids is 1. The van der Waals surface area contributed by atoms with E-state index in [1.54, 1.807) is 6.92 Å². The lowest BCUT2D eigenvalue weighted by atomic mass is 10.1. The summed E-state index contributed by atoms with van der Waals surface area (Å²) in [5.74, 6) is -0.949. The quantitative estimate of drug-likeness (QED) is 0.738. The first kappa shape index (κ1) is 15.0. The molecule has 0 bridgehead atoms. The van der Waals surface area contributed by atoms with Crippen molar-refractivity contribution in [2.24, 2.45) is 5.92 Å². The monoisotopic (exact) mass is 264 g/mol. The maximum atomic E-state index is 11.6. The van der Waals surface area contributed by atoms with Gasteiger partial charge in [0.15, 0.2) is 0 Å². The Bertz CT molecular complexity index is 446. The zero-order valence-corrected chi connectivity index (χ0v) is 11.3. The molecular weight excluding hydrogens is 244 g/mol. The lowest BCUT2D eigenvalue weighted by Gasteiger charge is -2.11. The highest BCUT2D eigenvalue weighted by molar-refractivity contribution is 5.89. The first-order valence-electron chi connectivity index (χ1n) is 6.36. The van der Waals surface area contributed by atoms with Gasteiger partial charge in [0.05, 0.1) is 0 Å². The highest BCUT2D eigenvalue weighted by Gasteiger charge is 2.09. The predicted molar refractivity (Wildman–Crippen MR) is 74.3 cm³/mol. The third kappa shape index (κ3) is 5.90. The second-order valence-corrected chi connectivity index (χ2v) is 4.59. The van der Waals surface area contributed by atoms with Gasteiger partial charge in [-0.15, -0.1) is 0 Å². The van der Waals surface area contributed by atoms with Gasteiger partial charge in [-0.3, -0.25) is 4.79 Å². The second kappa shape index (κ2) is 7.41. The van der Waals surface area contributed by atoms with Gasteiger partial charge < -0.3 is 15.7 Å². The largest absolute Gasteiger partial charge is 0.481 e. The lowest BCUT2D eigenvalue weighted by Crippen LogP contribution is -2.33. The second-order valence-electron chi connectivity index (χ2n) is 4.59. The van der Waals surface area contributed by atoms with E-state index in [9.17, 15) is 9.59 Å². The number of nitrogens with one attached hydrogen (secondary N) is 2. The molecule has 0 aliphatic rings. The molecule has 1 aromatic rings. The Morgan fingerprint density at radius 2 is 2.11 bits per heavy atom. The molecule has 5 heteroatoms. The number of anilines is 1. The summed E-state index contributed by atoms with van der Waals surface area (Å²) in [6, 6.07) is 7.31. The van der Waals surface area contributed by atoms with Gasteiger partial charge in [0.2, 0.25) is 0 Å². The molecule has 1 aromatic carbocycles. The summed E-state index contributed by atoms with van der Waals surface area (Å²) in [6.07, 6.45) is 0.957. The molecule has 1 unspecified atom stereocenters. The number of carboxylic acids is 1. The van der Waals surface area contributed by atoms with Gasteiger partial charge in [-0.1, -0.05) is 26.0 Å². The van der Waals surface area contributed by atoms with Crippen LogP contribution in [-0.4, -0.2) is 23.7 Å². The normalized spacial score (nSPS) is 11.7. The van der Waals surface area contributed by atoms with E-state index >= 15 is 0 Å². The van der Waals surface area contributed by atoms with Crippen molar-refractivity contribution in [1.29, 1.82) is 0 Å². The zero-order valence-electron chi connectivity index (χ0n) is 11.3. The van der Waals surface area contributed by atoms with E-state index in [1.807, 2.05) is 31.2 Å². The van der Waals surface area contributed by atoms with Crippen LogP contribution in [0.25, 0.3) is 0 Å². The van der Waals surface area contributed by atoms with Crippen LogP contribution in [0, 0.1) is 5.92 Å². The molecule has 3 N–H and O–H groups in total. The minimum atomic E-state index is -0.856. The number of hydrogen-bond donors (Lipinski definition) is 3. The molecule has 2 amide bonds. The smallest absolute Gasteiger partial charge is 0.319 e. The summed E-state index contributed by atoms with van der Waals surface area (Å²) in [4.78, 5) is 22.1. The van der Waals surface area contributed by atoms with Crippen LogP contribution in [-0.2, 0) is 11.2 Å². The molecular formula is C14H20N2O3. The Morgan fingerprint density at radius 1 is 1.37 bits per heavy atom. The maximum Gasteiger partial charge on any atom is 0.319 e. The van der Waals surface area contributed by atoms with Crippen molar-refractivity contribution < 1.29 is 14.7 Å². The number of carboxylic acid groups (broad SMARTS) is 1. The molecule has 5 nitrogen and oxygen atoms in total. The van der Waals surface area contributed by atoms with Gasteiger partial charge in [-0.2, -0.15) is 0 Å². The third-order valence-electron chi connectivity index (χ3n) is 2.73. The van der Waals surface area contributed by atoms with E-state index in [-0.39, 0.29) is 18.4 Å². The lowest BCUT2D eigenvalue weighted by molar-refractivity contribution is -0.137. The zero-order chi connectivity index (χ0) is 14.3. The molecule has 0 fully saturated rings. The Labute approximate surface area is 113 Å². The minimum Gasteiger partial charge on any atom is -0.481 e. The van der Waals surface area contributed by atoms with Crippen molar-refractivity contribution in [1.82, 2.24) is 5.32 Å². The fourth-order valence-electron chi connectivity index (χ4n) is 1.68. The number of aliphatic carboxylic acids is 1. The Kier molecular flexibility index (Phi) is 5.85. The van der Waals surface area contributed by atoms with Gasteiger partial charge in [0, 0.05) is 18.7 Å². The Hall–Kier alpha value is -2.04. The number of amides is 2. The van der Waals surface area contributed by atoms with Crippen molar-refractivity contribution in [2.75, 3.05) is 11.9 Å². The van der Waals surface area contributed by atoms with Crippen molar-refractivity contribution in [2.45, 2.75) is 26.7 Å². The molecule has 0 heterocycles. The van der Waals surface area contributed by atoms with E-state index in [1.165, 1.54) is 0 Å². The molecule has 0 aromatic heterocycles. The summed E-state index contributed by atoms with van der Waals surface area (Å²) in [5.41, 5.74) is 1.89. The van der Waals surface area contributed by atoms with E-state index in [2.05, 4.69) is 10.6 Å². The average Bonchev–Trinajstić information content (AvgIpc) is 2.36. The highest BCUT2D eigenvalue weighted by atomic mass is 16.4. The molecule has 1 rings (SSSR count). The van der Waals surface area contributed by atoms with Gasteiger partial charge in [-0.05, 0) is 30.0 Å². The molecule has 0 spiro atoms. The molecule has 1 atom stereocenters. The van der Waals surface area contributed by atoms with E-state index in [4.69, 9.17) is 5.11 Å². The Morgan fingerprint density at radius 3 is 2.74 bits per heavy atom. The van der Waals surface area contributed by atoms with E-state index < -0.39 is 5.97 Å². The molecule has 0 saturated carbocycles. The van der Waals surface area contributed by atoms with Crippen LogP contribution in [0.15, 0.2) is 24.3 Å². The number of rotatable bonds is 6. The van der Waals surface area contributed by atoms with Crippen LogP contribution in [0.5, 0.6) is 0 Å². The van der Waals surface area contributed by atoms with Crippen molar-refractivity contribution >= 4 is 17.7 Å². The predicted octanol–water partition coefficient (Wildman–Crippen LogP) is 2.48. The highest BCUT2D eigenvalue weighted by Crippen LogP contribution is 2.10. The molecule has 0 aliphatic carbocycles. The van der Waals surface area contributed by atoms with Gasteiger partial charge in [0.25, 0.3) is 0 Å². The van der Waals surface area contributed by atoms with Crippen LogP contribution in [0.2, 0.25) is 0 Å². The number of benzene rings is 1. The summed E-state index contributed by atoms with van der Waals surface area (Å²) in [6.45, 7) is 4.17. The standard InChI is InChI=1S/C14H20N2O3/c1-3-11-5-4-6-12(8-11)16-14(19)15-9-10(2)7-13(17)18/h4-6,8,10H,3,7,9H2,1-2H3,(H,17,18)(H2,15,16,19). The van der Waals surface area contributed by atoms with Crippen LogP contribution in [0.3, 0.4) is 0 Å². The molecule has 19 heavy (non-hydrogen) atoms. The molecule has 0 radical (unpaired) electrons. The van der Waals surface area contributed by atoms with Gasteiger partial charge in [-0.25, -0.2) is 4.79 Å². The molecule has 104 valence electrons. The maximum absolute atomic E-state index is 11.6. The van der Waals surface area contributed by atoms with Crippen molar-refractivity contribution in [3.05, 3.63) is 29.8 Å². The minimum absolute atomic E-state index is 0.0472. The Balaban J connectivity index is 2.40. The van der Waals surface area contributed by atoms with Crippen LogP contribution >= 0.6 is 0 Å². The van der Waals surface area contributed by atoms with E-state index in [0.29, 0.717) is 6.54 Å². The number of carbonyl (C=O) groups is 2. The van der Waals surface area contributed by atoms with Crippen molar-refractivity contribution in [3.63, 3.8) is 0 Å². The summed E-state index contributed by atoms with van der Waals surface area (Å²) in [7, 11) is 0. The number of hydrogen-bond acceptors (Lipinski definition) is 2. The molecule has 0 aliphatic heterocycles. The summed E-state index contributed by atoms with van der Waals surface area (Å²) < 4.78 is 0. The van der Waals surface area contributed by atoms with Crippen molar-refractivity contribution in [3.8, 4) is 0 Å². The van der Waals surface area contributed by atoms with Crippen LogP contribution in [0.4, 0.5) is 10.5 Å². The first-order valence-corrected chi connectivity index (χ1v) is 6.36. The van der Waals surface area contributed by atoms with E-state index in [0.717, 1.165) is 17.7 Å². The molecule has 0 saturated heterocycles. The SMILES string of the molecule is CCc1cccc(NC(=O)NCC(C)CC(=O)O)c1. The van der Waals surface area contributed by atoms with Gasteiger partial charge >= 0.3 is 12.0 Å². The topological polar surface area (TPSA) is 78.4 Å². The fourth-order valence-corrected chi connectivity index (χ4v) is 1.68. The average molecular weight is 264 g/mol. The number of urea groups is 1. The summed E-state index contributed by atoms with van der Waals surface area (Å²) >= 11 is 0. The van der Waals surface area contributed by atoms with Gasteiger partial charge in [0.1, 0.15) is 0 Å². The van der Waals surface area contributed by atoms with Crippen LogP contribution < -0.4 is 10.6 Å². The number of aryl methyl sites for hydroxylation is 1. The third-order valence-corrected chi connectivity index (χ3v) is 2.73.